The molecule has 0 radical (unpaired) electrons. The van der Waals surface area contributed by atoms with Gasteiger partial charge in [-0.3, -0.25) is 4.98 Å². The summed E-state index contributed by atoms with van der Waals surface area (Å²) in [6.45, 7) is 0. The van der Waals surface area contributed by atoms with E-state index in [4.69, 9.17) is 4.98 Å². The van der Waals surface area contributed by atoms with E-state index in [1.54, 1.807) is 0 Å². The average Bonchev–Trinajstić information content (AvgIpc) is 2.75. The molecular weight excluding hydrogens is 282 g/mol. The van der Waals surface area contributed by atoms with Gasteiger partial charge in [0.25, 0.3) is 0 Å². The molecule has 0 amide bonds. The summed E-state index contributed by atoms with van der Waals surface area (Å²) in [4.78, 5) is 4.78. The van der Waals surface area contributed by atoms with Crippen molar-refractivity contribution >= 4 is 39.5 Å². The Labute approximate surface area is 109 Å². The van der Waals surface area contributed by atoms with Crippen molar-refractivity contribution in [2.75, 3.05) is 0 Å². The Bertz CT molecular complexity index is 565. The number of pyridine rings is 1. The minimum atomic E-state index is 0.803. The second-order valence-electron chi connectivity index (χ2n) is 4.16. The summed E-state index contributed by atoms with van der Waals surface area (Å²) in [6, 6.07) is 6.28. The molecule has 0 atom stereocenters. The molecule has 0 spiro atoms. The molecule has 0 bridgehead atoms. The molecule has 0 saturated heterocycles. The fraction of sp³-hybridized carbons (Fsp3) is 0.308. The van der Waals surface area contributed by atoms with Crippen LogP contribution in [0.5, 0.6) is 0 Å². The minimum Gasteiger partial charge on any atom is -0.251 e. The summed E-state index contributed by atoms with van der Waals surface area (Å²) in [7, 11) is 0. The molecule has 1 aliphatic carbocycles. The smallest absolute Gasteiger partial charge is 0.0850 e. The van der Waals surface area contributed by atoms with Gasteiger partial charge in [0.1, 0.15) is 0 Å². The van der Waals surface area contributed by atoms with Gasteiger partial charge in [-0.15, -0.1) is 0 Å². The molecule has 1 aromatic carbocycles. The average molecular weight is 294 g/mol. The van der Waals surface area contributed by atoms with Crippen molar-refractivity contribution in [1.82, 2.24) is 4.98 Å². The van der Waals surface area contributed by atoms with E-state index >= 15 is 0 Å². The van der Waals surface area contributed by atoms with E-state index in [1.807, 2.05) is 0 Å². The van der Waals surface area contributed by atoms with Crippen molar-refractivity contribution in [2.24, 2.45) is 0 Å². The first-order chi connectivity index (χ1) is 7.81. The molecule has 0 unspecified atom stereocenters. The molecule has 0 fully saturated rings. The number of fused-ring (bicyclic) bond motifs is 2. The van der Waals surface area contributed by atoms with E-state index in [0.717, 1.165) is 22.2 Å². The highest BCUT2D eigenvalue weighted by Crippen LogP contribution is 2.33. The maximum Gasteiger partial charge on any atom is 0.0850 e. The highest BCUT2D eigenvalue weighted by molar-refractivity contribution is 9.10. The standard InChI is InChI=1S/C13H12BrNS/c14-11-5-1-4-9-10(7-16)8-3-2-6-12(8)15-13(9)11/h1,4-5,16H,2-3,6-7H2. The third-order valence-corrected chi connectivity index (χ3v) is 4.23. The van der Waals surface area contributed by atoms with Gasteiger partial charge in [-0.1, -0.05) is 12.1 Å². The van der Waals surface area contributed by atoms with Crippen LogP contribution in [-0.2, 0) is 18.6 Å². The largest absolute Gasteiger partial charge is 0.251 e. The zero-order valence-corrected chi connectivity index (χ0v) is 11.3. The monoisotopic (exact) mass is 293 g/mol. The predicted molar refractivity (Wildman–Crippen MR) is 74.2 cm³/mol. The molecule has 0 N–H and O–H groups in total. The number of hydrogen-bond donors (Lipinski definition) is 1. The van der Waals surface area contributed by atoms with Crippen LogP contribution in [-0.4, -0.2) is 4.98 Å². The Morgan fingerprint density at radius 3 is 3.00 bits per heavy atom. The molecule has 1 nitrogen and oxygen atoms in total. The molecule has 16 heavy (non-hydrogen) atoms. The number of benzene rings is 1. The number of aromatic nitrogens is 1. The van der Waals surface area contributed by atoms with Crippen molar-refractivity contribution in [2.45, 2.75) is 25.0 Å². The van der Waals surface area contributed by atoms with E-state index in [0.29, 0.717) is 0 Å². The lowest BCUT2D eigenvalue weighted by Gasteiger charge is -2.11. The second kappa shape index (κ2) is 4.04. The summed E-state index contributed by atoms with van der Waals surface area (Å²) in [5.41, 5.74) is 5.19. The van der Waals surface area contributed by atoms with Gasteiger partial charge in [0.2, 0.25) is 0 Å². The molecule has 3 heteroatoms. The molecule has 0 saturated carbocycles. The Morgan fingerprint density at radius 1 is 1.31 bits per heavy atom. The van der Waals surface area contributed by atoms with Gasteiger partial charge >= 0.3 is 0 Å². The van der Waals surface area contributed by atoms with Crippen LogP contribution in [0.2, 0.25) is 0 Å². The van der Waals surface area contributed by atoms with Crippen LogP contribution < -0.4 is 0 Å². The summed E-state index contributed by atoms with van der Waals surface area (Å²) >= 11 is 8.06. The fourth-order valence-corrected chi connectivity index (χ4v) is 3.34. The lowest BCUT2D eigenvalue weighted by molar-refractivity contribution is 0.899. The maximum absolute atomic E-state index is 4.78. The number of nitrogens with zero attached hydrogens (tertiary/aromatic N) is 1. The molecule has 82 valence electrons. The predicted octanol–water partition coefficient (Wildman–Crippen LogP) is 3.92. The van der Waals surface area contributed by atoms with Gasteiger partial charge in [-0.25, -0.2) is 0 Å². The van der Waals surface area contributed by atoms with Gasteiger partial charge in [-0.2, -0.15) is 12.6 Å². The molecule has 3 rings (SSSR count). The third kappa shape index (κ3) is 1.49. The first-order valence-electron chi connectivity index (χ1n) is 5.51. The Hall–Kier alpha value is -0.540. The molecule has 1 aromatic heterocycles. The SMILES string of the molecule is SCc1c2c(nc3c(Br)cccc13)CCC2. The van der Waals surface area contributed by atoms with Crippen molar-refractivity contribution in [3.05, 3.63) is 39.5 Å². The van der Waals surface area contributed by atoms with Gasteiger partial charge in [-0.05, 0) is 52.4 Å². The first-order valence-corrected chi connectivity index (χ1v) is 6.93. The summed E-state index contributed by atoms with van der Waals surface area (Å²) in [6.07, 6.45) is 3.52. The lowest BCUT2D eigenvalue weighted by Crippen LogP contribution is -1.97. The molecule has 1 aliphatic rings. The molecule has 0 aliphatic heterocycles. The van der Waals surface area contributed by atoms with Crippen molar-refractivity contribution in [1.29, 1.82) is 0 Å². The first kappa shape index (κ1) is 10.6. The summed E-state index contributed by atoms with van der Waals surface area (Å²) < 4.78 is 1.09. The van der Waals surface area contributed by atoms with Gasteiger partial charge in [0, 0.05) is 21.3 Å². The molecule has 2 aromatic rings. The van der Waals surface area contributed by atoms with Crippen LogP contribution in [0.3, 0.4) is 0 Å². The molecule has 1 heterocycles. The van der Waals surface area contributed by atoms with E-state index in [1.165, 1.54) is 35.0 Å². The van der Waals surface area contributed by atoms with E-state index in [-0.39, 0.29) is 0 Å². The number of aryl methyl sites for hydroxylation is 1. The zero-order valence-electron chi connectivity index (χ0n) is 8.83. The number of rotatable bonds is 1. The van der Waals surface area contributed by atoms with Gasteiger partial charge < -0.3 is 0 Å². The summed E-state index contributed by atoms with van der Waals surface area (Å²) in [5, 5.41) is 1.25. The van der Waals surface area contributed by atoms with Crippen LogP contribution in [0.4, 0.5) is 0 Å². The van der Waals surface area contributed by atoms with Crippen LogP contribution in [0.1, 0.15) is 23.2 Å². The van der Waals surface area contributed by atoms with E-state index in [9.17, 15) is 0 Å². The lowest BCUT2D eigenvalue weighted by atomic mass is 10.0. The number of halogens is 1. The normalized spacial score (nSPS) is 14.4. The van der Waals surface area contributed by atoms with Crippen LogP contribution >= 0.6 is 28.6 Å². The highest BCUT2D eigenvalue weighted by Gasteiger charge is 2.19. The van der Waals surface area contributed by atoms with Crippen molar-refractivity contribution in [3.8, 4) is 0 Å². The van der Waals surface area contributed by atoms with Crippen LogP contribution in [0.15, 0.2) is 22.7 Å². The van der Waals surface area contributed by atoms with Crippen molar-refractivity contribution in [3.63, 3.8) is 0 Å². The third-order valence-electron chi connectivity index (χ3n) is 3.27. The Balaban J connectivity index is 2.44. The fourth-order valence-electron chi connectivity index (χ4n) is 2.53. The van der Waals surface area contributed by atoms with E-state index < -0.39 is 0 Å². The second-order valence-corrected chi connectivity index (χ2v) is 5.33. The Morgan fingerprint density at radius 2 is 2.19 bits per heavy atom. The van der Waals surface area contributed by atoms with E-state index in [2.05, 4.69) is 46.8 Å². The number of hydrogen-bond acceptors (Lipinski definition) is 2. The van der Waals surface area contributed by atoms with Gasteiger partial charge in [0.05, 0.1) is 5.52 Å². The van der Waals surface area contributed by atoms with Crippen molar-refractivity contribution < 1.29 is 0 Å². The van der Waals surface area contributed by atoms with Crippen LogP contribution in [0, 0.1) is 0 Å². The highest BCUT2D eigenvalue weighted by atomic mass is 79.9. The minimum absolute atomic E-state index is 0.803. The maximum atomic E-state index is 4.78. The quantitative estimate of drug-likeness (QED) is 0.787. The van der Waals surface area contributed by atoms with Gasteiger partial charge in [0.15, 0.2) is 0 Å². The zero-order chi connectivity index (χ0) is 11.1. The topological polar surface area (TPSA) is 12.9 Å². The van der Waals surface area contributed by atoms with Crippen LogP contribution in [0.25, 0.3) is 10.9 Å². The summed E-state index contributed by atoms with van der Waals surface area (Å²) in [5.74, 6) is 0.803. The Kier molecular flexibility index (Phi) is 2.68. The number of thiol groups is 1. The number of para-hydroxylation sites is 1. The molecular formula is C13H12BrNS.